The van der Waals surface area contributed by atoms with E-state index in [-0.39, 0.29) is 11.6 Å². The number of nitrogens with one attached hydrogen (secondary N) is 1. The average Bonchev–Trinajstić information content (AvgIpc) is 2.77. The number of aromatic nitrogens is 2. The van der Waals surface area contributed by atoms with Crippen LogP contribution < -0.4 is 5.32 Å². The Labute approximate surface area is 114 Å². The monoisotopic (exact) mass is 261 g/mol. The van der Waals surface area contributed by atoms with E-state index in [1.807, 2.05) is 24.5 Å². The molecular formula is C15H23N3O. The zero-order valence-electron chi connectivity index (χ0n) is 12.2. The highest BCUT2D eigenvalue weighted by Crippen LogP contribution is 2.18. The number of rotatable bonds is 5. The van der Waals surface area contributed by atoms with Crippen molar-refractivity contribution in [3.63, 3.8) is 0 Å². The molecule has 1 atom stereocenters. The maximum atomic E-state index is 5.35. The van der Waals surface area contributed by atoms with E-state index in [1.54, 1.807) is 7.11 Å². The van der Waals surface area contributed by atoms with Crippen LogP contribution in [0.4, 0.5) is 0 Å². The molecule has 1 aromatic heterocycles. The Morgan fingerprint density at radius 1 is 1.32 bits per heavy atom. The van der Waals surface area contributed by atoms with Gasteiger partial charge in [-0.2, -0.15) is 0 Å². The summed E-state index contributed by atoms with van der Waals surface area (Å²) in [5.41, 5.74) is 2.28. The van der Waals surface area contributed by atoms with Crippen LogP contribution in [0.1, 0.15) is 26.8 Å². The highest BCUT2D eigenvalue weighted by Gasteiger charge is 2.17. The summed E-state index contributed by atoms with van der Waals surface area (Å²) >= 11 is 0. The molecular weight excluding hydrogens is 238 g/mol. The van der Waals surface area contributed by atoms with E-state index in [4.69, 9.17) is 4.74 Å². The largest absolute Gasteiger partial charge is 0.382 e. The third kappa shape index (κ3) is 3.55. The third-order valence-electron chi connectivity index (χ3n) is 3.10. The molecule has 19 heavy (non-hydrogen) atoms. The minimum atomic E-state index is 0.0996. The van der Waals surface area contributed by atoms with Gasteiger partial charge in [0.15, 0.2) is 0 Å². The lowest BCUT2D eigenvalue weighted by molar-refractivity contribution is 0.151. The van der Waals surface area contributed by atoms with Crippen molar-refractivity contribution in [2.24, 2.45) is 0 Å². The second-order valence-electron chi connectivity index (χ2n) is 5.88. The van der Waals surface area contributed by atoms with Crippen LogP contribution in [0.25, 0.3) is 11.0 Å². The predicted molar refractivity (Wildman–Crippen MR) is 78.4 cm³/mol. The number of hydrogen-bond acceptors (Lipinski definition) is 3. The Balaban J connectivity index is 2.23. The minimum absolute atomic E-state index is 0.0996. The summed E-state index contributed by atoms with van der Waals surface area (Å²) in [6, 6.07) is 8.44. The number of benzene rings is 1. The van der Waals surface area contributed by atoms with Gasteiger partial charge < -0.3 is 14.6 Å². The zero-order chi connectivity index (χ0) is 13.9. The topological polar surface area (TPSA) is 39.1 Å². The molecule has 0 aliphatic heterocycles. The Hall–Kier alpha value is -1.39. The van der Waals surface area contributed by atoms with Gasteiger partial charge in [-0.3, -0.25) is 0 Å². The number of para-hydroxylation sites is 2. The van der Waals surface area contributed by atoms with Gasteiger partial charge in [0, 0.05) is 19.2 Å². The normalized spacial score (nSPS) is 13.9. The molecule has 1 unspecified atom stereocenters. The van der Waals surface area contributed by atoms with Gasteiger partial charge in [0.2, 0.25) is 0 Å². The number of methoxy groups -OCH3 is 1. The standard InChI is InChI=1S/C15H23N3O/c1-15(2,3)17-9-12(10-19-4)18-11-16-13-7-5-6-8-14(13)18/h5-8,11-12,17H,9-10H2,1-4H3. The molecule has 0 bridgehead atoms. The van der Waals surface area contributed by atoms with E-state index in [9.17, 15) is 0 Å². The molecule has 0 aliphatic carbocycles. The van der Waals surface area contributed by atoms with Crippen molar-refractivity contribution in [1.29, 1.82) is 0 Å². The van der Waals surface area contributed by atoms with Gasteiger partial charge in [-0.15, -0.1) is 0 Å². The van der Waals surface area contributed by atoms with Crippen molar-refractivity contribution in [1.82, 2.24) is 14.9 Å². The quantitative estimate of drug-likeness (QED) is 0.899. The van der Waals surface area contributed by atoms with Gasteiger partial charge in [-0.25, -0.2) is 4.98 Å². The summed E-state index contributed by atoms with van der Waals surface area (Å²) in [5.74, 6) is 0. The summed E-state index contributed by atoms with van der Waals surface area (Å²) in [4.78, 5) is 4.45. The second-order valence-corrected chi connectivity index (χ2v) is 5.88. The molecule has 104 valence electrons. The van der Waals surface area contributed by atoms with Crippen LogP contribution in [0.5, 0.6) is 0 Å². The highest BCUT2D eigenvalue weighted by molar-refractivity contribution is 5.75. The first-order chi connectivity index (χ1) is 9.01. The van der Waals surface area contributed by atoms with Crippen LogP contribution in [0.15, 0.2) is 30.6 Å². The first kappa shape index (κ1) is 14.0. The Kier molecular flexibility index (Phi) is 4.22. The molecule has 0 radical (unpaired) electrons. The molecule has 2 aromatic rings. The Morgan fingerprint density at radius 2 is 2.05 bits per heavy atom. The van der Waals surface area contributed by atoms with Gasteiger partial charge in [-0.05, 0) is 32.9 Å². The van der Waals surface area contributed by atoms with E-state index >= 15 is 0 Å². The molecule has 0 aliphatic rings. The van der Waals surface area contributed by atoms with Crippen LogP contribution >= 0.6 is 0 Å². The van der Waals surface area contributed by atoms with Crippen molar-refractivity contribution in [3.8, 4) is 0 Å². The fourth-order valence-corrected chi connectivity index (χ4v) is 2.12. The lowest BCUT2D eigenvalue weighted by Crippen LogP contribution is -2.40. The summed E-state index contributed by atoms with van der Waals surface area (Å²) in [5, 5.41) is 3.53. The van der Waals surface area contributed by atoms with Gasteiger partial charge >= 0.3 is 0 Å². The summed E-state index contributed by atoms with van der Waals surface area (Å²) in [6.45, 7) is 8.04. The number of fused-ring (bicyclic) bond motifs is 1. The van der Waals surface area contributed by atoms with Crippen molar-refractivity contribution in [2.75, 3.05) is 20.3 Å². The van der Waals surface area contributed by atoms with Crippen molar-refractivity contribution >= 4 is 11.0 Å². The van der Waals surface area contributed by atoms with E-state index in [1.165, 1.54) is 0 Å². The fourth-order valence-electron chi connectivity index (χ4n) is 2.12. The highest BCUT2D eigenvalue weighted by atomic mass is 16.5. The third-order valence-corrected chi connectivity index (χ3v) is 3.10. The first-order valence-electron chi connectivity index (χ1n) is 6.67. The van der Waals surface area contributed by atoms with Crippen LogP contribution in [-0.2, 0) is 4.74 Å². The van der Waals surface area contributed by atoms with E-state index in [0.29, 0.717) is 6.61 Å². The fraction of sp³-hybridized carbons (Fsp3) is 0.533. The Morgan fingerprint density at radius 3 is 2.74 bits per heavy atom. The van der Waals surface area contributed by atoms with Crippen LogP contribution in [0.3, 0.4) is 0 Å². The molecule has 0 saturated carbocycles. The molecule has 2 rings (SSSR count). The maximum Gasteiger partial charge on any atom is 0.0962 e. The molecule has 0 fully saturated rings. The number of ether oxygens (including phenoxy) is 1. The minimum Gasteiger partial charge on any atom is -0.382 e. The number of nitrogens with zero attached hydrogens (tertiary/aromatic N) is 2. The molecule has 4 nitrogen and oxygen atoms in total. The smallest absolute Gasteiger partial charge is 0.0962 e. The Bertz CT molecular complexity index is 527. The van der Waals surface area contributed by atoms with Gasteiger partial charge in [0.05, 0.1) is 30.0 Å². The molecule has 4 heteroatoms. The second kappa shape index (κ2) is 5.72. The van der Waals surface area contributed by atoms with Gasteiger partial charge in [0.1, 0.15) is 0 Å². The van der Waals surface area contributed by atoms with Gasteiger partial charge in [0.25, 0.3) is 0 Å². The van der Waals surface area contributed by atoms with E-state index in [2.05, 4.69) is 41.7 Å². The van der Waals surface area contributed by atoms with Crippen LogP contribution in [0.2, 0.25) is 0 Å². The number of imidazole rings is 1. The lowest BCUT2D eigenvalue weighted by atomic mass is 10.1. The average molecular weight is 261 g/mol. The predicted octanol–water partition coefficient (Wildman–Crippen LogP) is 2.61. The maximum absolute atomic E-state index is 5.35. The van der Waals surface area contributed by atoms with Crippen molar-refractivity contribution < 1.29 is 4.74 Å². The molecule has 1 N–H and O–H groups in total. The first-order valence-corrected chi connectivity index (χ1v) is 6.67. The van der Waals surface area contributed by atoms with Crippen LogP contribution in [-0.4, -0.2) is 35.4 Å². The molecule has 0 amide bonds. The van der Waals surface area contributed by atoms with E-state index in [0.717, 1.165) is 17.6 Å². The van der Waals surface area contributed by atoms with Crippen LogP contribution in [0, 0.1) is 0 Å². The number of hydrogen-bond donors (Lipinski definition) is 1. The molecule has 1 heterocycles. The lowest BCUT2D eigenvalue weighted by Gasteiger charge is -2.26. The molecule has 0 saturated heterocycles. The van der Waals surface area contributed by atoms with Gasteiger partial charge in [-0.1, -0.05) is 12.1 Å². The molecule has 1 aromatic carbocycles. The SMILES string of the molecule is COCC(CNC(C)(C)C)n1cnc2ccccc21. The summed E-state index contributed by atoms with van der Waals surface area (Å²) in [6.07, 6.45) is 1.90. The van der Waals surface area contributed by atoms with Crippen molar-refractivity contribution in [3.05, 3.63) is 30.6 Å². The van der Waals surface area contributed by atoms with E-state index < -0.39 is 0 Å². The zero-order valence-corrected chi connectivity index (χ0v) is 12.2. The molecule has 0 spiro atoms. The summed E-state index contributed by atoms with van der Waals surface area (Å²) in [7, 11) is 1.74. The van der Waals surface area contributed by atoms with Crippen molar-refractivity contribution in [2.45, 2.75) is 32.4 Å². The summed E-state index contributed by atoms with van der Waals surface area (Å²) < 4.78 is 7.55.